The Balaban J connectivity index is 1.42. The van der Waals surface area contributed by atoms with Crippen molar-refractivity contribution in [2.75, 3.05) is 31.1 Å². The number of ether oxygens (including phenoxy) is 2. The molecule has 0 saturated carbocycles. The number of amides is 3. The quantitative estimate of drug-likeness (QED) is 0.389. The summed E-state index contributed by atoms with van der Waals surface area (Å²) < 4.78 is 12.5. The van der Waals surface area contributed by atoms with Crippen LogP contribution >= 0.6 is 11.6 Å². The van der Waals surface area contributed by atoms with Crippen molar-refractivity contribution in [2.45, 2.75) is 43.1 Å². The summed E-state index contributed by atoms with van der Waals surface area (Å²) >= 11 is 6.14. The van der Waals surface area contributed by atoms with Crippen molar-refractivity contribution in [2.24, 2.45) is 11.8 Å². The van der Waals surface area contributed by atoms with E-state index in [4.69, 9.17) is 21.1 Å². The van der Waals surface area contributed by atoms with Crippen molar-refractivity contribution in [1.82, 2.24) is 10.2 Å². The summed E-state index contributed by atoms with van der Waals surface area (Å²) in [5.41, 5.74) is -0.133. The van der Waals surface area contributed by atoms with E-state index in [1.165, 1.54) is 4.90 Å². The number of halogens is 1. The first-order valence-corrected chi connectivity index (χ1v) is 15.2. The maximum Gasteiger partial charge on any atom is 0.313 e. The Morgan fingerprint density at radius 2 is 1.77 bits per heavy atom. The van der Waals surface area contributed by atoms with Gasteiger partial charge in [-0.1, -0.05) is 66.2 Å². The van der Waals surface area contributed by atoms with Gasteiger partial charge in [0.25, 0.3) is 5.91 Å². The number of fused-ring (bicyclic) bond motifs is 2. The molecule has 0 radical (unpaired) electrons. The average Bonchev–Trinajstić information content (AvgIpc) is 3.67. The molecule has 2 aromatic carbocycles. The molecule has 3 amide bonds. The third kappa shape index (κ3) is 5.42. The molecule has 2 saturated heterocycles. The Labute approximate surface area is 260 Å². The number of rotatable bonds is 5. The highest BCUT2D eigenvalue weighted by molar-refractivity contribution is 6.30. The first-order chi connectivity index (χ1) is 21.3. The molecule has 5 bridgehead atoms. The molecule has 2 N–H and O–H groups in total. The summed E-state index contributed by atoms with van der Waals surface area (Å²) in [4.78, 5) is 58.4. The van der Waals surface area contributed by atoms with Crippen LogP contribution in [0.1, 0.15) is 30.9 Å². The lowest BCUT2D eigenvalue weighted by atomic mass is 9.74. The number of carbonyl (C=O) groups is 4. The van der Waals surface area contributed by atoms with Crippen LogP contribution in [0.3, 0.4) is 0 Å². The van der Waals surface area contributed by atoms with Crippen molar-refractivity contribution in [3.8, 4) is 0 Å². The fourth-order valence-corrected chi connectivity index (χ4v) is 6.84. The smallest absolute Gasteiger partial charge is 0.313 e. The summed E-state index contributed by atoms with van der Waals surface area (Å²) in [6, 6.07) is 14.8. The molecule has 1 spiro atoms. The number of benzene rings is 2. The van der Waals surface area contributed by atoms with Gasteiger partial charge in [0, 0.05) is 36.8 Å². The zero-order chi connectivity index (χ0) is 30.8. The Bertz CT molecular complexity index is 1480. The number of allylic oxidation sites excluding steroid dienone is 1. The van der Waals surface area contributed by atoms with Gasteiger partial charge in [-0.15, -0.1) is 0 Å². The first kappa shape index (κ1) is 30.1. The van der Waals surface area contributed by atoms with E-state index in [-0.39, 0.29) is 45.0 Å². The topological polar surface area (TPSA) is 125 Å². The number of nitrogens with zero attached hydrogens (tertiary/aromatic N) is 2. The summed E-state index contributed by atoms with van der Waals surface area (Å²) in [6.07, 6.45) is 6.44. The Hall–Kier alpha value is -3.99. The highest BCUT2D eigenvalue weighted by atomic mass is 35.5. The molecule has 0 aromatic heterocycles. The van der Waals surface area contributed by atoms with E-state index < -0.39 is 53.5 Å². The molecule has 2 aromatic rings. The van der Waals surface area contributed by atoms with Crippen LogP contribution in [0.15, 0.2) is 78.9 Å². The number of hydrogen-bond acceptors (Lipinski definition) is 7. The number of nitrogens with one attached hydrogen (secondary N) is 1. The number of esters is 1. The second-order valence-electron chi connectivity index (χ2n) is 11.4. The summed E-state index contributed by atoms with van der Waals surface area (Å²) in [5.74, 6) is -3.64. The zero-order valence-corrected chi connectivity index (χ0v) is 24.8. The van der Waals surface area contributed by atoms with E-state index >= 15 is 0 Å². The van der Waals surface area contributed by atoms with E-state index in [9.17, 15) is 24.3 Å². The predicted octanol–water partition coefficient (Wildman–Crippen LogP) is 2.96. The minimum atomic E-state index is -1.39. The van der Waals surface area contributed by atoms with Gasteiger partial charge in [-0.05, 0) is 42.7 Å². The second-order valence-corrected chi connectivity index (χ2v) is 11.8. The lowest BCUT2D eigenvalue weighted by Gasteiger charge is -2.36. The molecule has 6 atom stereocenters. The van der Waals surface area contributed by atoms with Crippen LogP contribution in [0.4, 0.5) is 5.69 Å². The Kier molecular flexibility index (Phi) is 8.57. The summed E-state index contributed by atoms with van der Waals surface area (Å²) in [6.45, 7) is 0.151. The van der Waals surface area contributed by atoms with Gasteiger partial charge in [0.15, 0.2) is 0 Å². The minimum absolute atomic E-state index is 0.0597. The fraction of sp³-hybridized carbons (Fsp3) is 0.394. The van der Waals surface area contributed by atoms with Crippen LogP contribution in [0, 0.1) is 11.8 Å². The molecular weight excluding hydrogens is 586 g/mol. The van der Waals surface area contributed by atoms with Gasteiger partial charge in [-0.2, -0.15) is 0 Å². The standard InChI is InChI=1S/C33H34ClN3O7/c34-22-11-13-23(14-12-22)36-17-6-2-5-10-26(39)35-20-25(21-8-3-1-4-9-21)43-32(42)27-24-15-16-33(44-24)28(27)30(40)37(18-7-19-38)29(33)31(36)41/h1-4,6,8-9,11-16,24-25,27-29,38H,5,7,10,17-20H2,(H,35,39)/b6-2-/t24-,25-,27+,28+,29-,33+/m1/s1. The van der Waals surface area contributed by atoms with Gasteiger partial charge < -0.3 is 29.7 Å². The van der Waals surface area contributed by atoms with Crippen molar-refractivity contribution in [3.63, 3.8) is 0 Å². The van der Waals surface area contributed by atoms with Crippen molar-refractivity contribution in [3.05, 3.63) is 89.5 Å². The third-order valence-corrected chi connectivity index (χ3v) is 9.00. The van der Waals surface area contributed by atoms with E-state index in [2.05, 4.69) is 5.32 Å². The van der Waals surface area contributed by atoms with Crippen LogP contribution < -0.4 is 10.2 Å². The maximum atomic E-state index is 14.6. The second kappa shape index (κ2) is 12.6. The Morgan fingerprint density at radius 3 is 2.52 bits per heavy atom. The molecule has 0 aliphatic carbocycles. The molecule has 230 valence electrons. The van der Waals surface area contributed by atoms with Crippen LogP contribution in [0.5, 0.6) is 0 Å². The maximum absolute atomic E-state index is 14.6. The van der Waals surface area contributed by atoms with Crippen LogP contribution in [-0.4, -0.2) is 77.7 Å². The van der Waals surface area contributed by atoms with Crippen LogP contribution in [0.2, 0.25) is 5.02 Å². The van der Waals surface area contributed by atoms with Gasteiger partial charge in [-0.25, -0.2) is 0 Å². The lowest BCUT2D eigenvalue weighted by molar-refractivity contribution is -0.159. The van der Waals surface area contributed by atoms with Gasteiger partial charge in [0.2, 0.25) is 11.8 Å². The Morgan fingerprint density at radius 1 is 1.00 bits per heavy atom. The van der Waals surface area contributed by atoms with Crippen molar-refractivity contribution >= 4 is 41.0 Å². The number of aliphatic hydroxyl groups excluding tert-OH is 1. The van der Waals surface area contributed by atoms with Gasteiger partial charge in [0.1, 0.15) is 23.7 Å². The molecule has 4 aliphatic rings. The fourth-order valence-electron chi connectivity index (χ4n) is 6.71. The summed E-state index contributed by atoms with van der Waals surface area (Å²) in [5, 5.41) is 13.0. The van der Waals surface area contributed by atoms with Crippen molar-refractivity contribution < 1.29 is 33.8 Å². The number of likely N-dealkylation sites (tertiary alicyclic amines) is 1. The number of aliphatic hydroxyl groups is 1. The lowest BCUT2D eigenvalue weighted by Crippen LogP contribution is -2.56. The van der Waals surface area contributed by atoms with E-state index in [0.717, 1.165) is 0 Å². The van der Waals surface area contributed by atoms with Gasteiger partial charge >= 0.3 is 5.97 Å². The molecule has 6 rings (SSSR count). The normalized spacial score (nSPS) is 31.2. The van der Waals surface area contributed by atoms with Gasteiger partial charge in [0.05, 0.1) is 18.6 Å². The molecule has 4 aliphatic heterocycles. The number of anilines is 1. The number of hydrogen-bond donors (Lipinski definition) is 2. The minimum Gasteiger partial charge on any atom is -0.455 e. The van der Waals surface area contributed by atoms with Crippen LogP contribution in [-0.2, 0) is 28.7 Å². The molecule has 4 heterocycles. The molecular formula is C33H34ClN3O7. The third-order valence-electron chi connectivity index (χ3n) is 8.75. The zero-order valence-electron chi connectivity index (χ0n) is 24.0. The van der Waals surface area contributed by atoms with Crippen molar-refractivity contribution in [1.29, 1.82) is 0 Å². The monoisotopic (exact) mass is 619 g/mol. The molecule has 2 fully saturated rings. The largest absolute Gasteiger partial charge is 0.455 e. The molecule has 44 heavy (non-hydrogen) atoms. The van der Waals surface area contributed by atoms with Gasteiger partial charge in [-0.3, -0.25) is 19.2 Å². The molecule has 11 heteroatoms. The summed E-state index contributed by atoms with van der Waals surface area (Å²) in [7, 11) is 0. The first-order valence-electron chi connectivity index (χ1n) is 14.9. The number of cyclic esters (lactones) is 1. The van der Waals surface area contributed by atoms with E-state index in [0.29, 0.717) is 22.7 Å². The predicted molar refractivity (Wildman–Crippen MR) is 161 cm³/mol. The average molecular weight is 620 g/mol. The SMILES string of the molecule is O=C1CC/C=C\CN(c2ccc(Cl)cc2)C(=O)[C@H]2N(CCCO)C(=O)[C@@H]3[C@@H](C(=O)O[C@@H](c4ccccc4)CN1)[C@H]1C=C[C@]32O1. The van der Waals surface area contributed by atoms with Crippen LogP contribution in [0.25, 0.3) is 0 Å². The van der Waals surface area contributed by atoms with E-state index in [1.54, 1.807) is 41.3 Å². The van der Waals surface area contributed by atoms with E-state index in [1.807, 2.05) is 42.5 Å². The highest BCUT2D eigenvalue weighted by Gasteiger charge is 2.73. The number of carbonyl (C=O) groups excluding carboxylic acids is 4. The highest BCUT2D eigenvalue weighted by Crippen LogP contribution is 2.56. The molecule has 10 nitrogen and oxygen atoms in total. The molecule has 0 unspecified atom stereocenters.